The van der Waals surface area contributed by atoms with E-state index in [2.05, 4.69) is 39.6 Å². The third kappa shape index (κ3) is 3.96. The molecule has 0 aliphatic heterocycles. The van der Waals surface area contributed by atoms with Crippen LogP contribution in [0.25, 0.3) is 0 Å². The fourth-order valence-corrected chi connectivity index (χ4v) is 3.88. The third-order valence-electron chi connectivity index (χ3n) is 4.58. The summed E-state index contributed by atoms with van der Waals surface area (Å²) in [6, 6.07) is 0.769. The summed E-state index contributed by atoms with van der Waals surface area (Å²) >= 11 is 0. The minimum atomic E-state index is 0.220. The lowest BCUT2D eigenvalue weighted by Crippen LogP contribution is -2.56. The Morgan fingerprint density at radius 3 is 1.83 bits per heavy atom. The van der Waals surface area contributed by atoms with E-state index in [0.29, 0.717) is 0 Å². The van der Waals surface area contributed by atoms with Crippen molar-refractivity contribution in [1.29, 1.82) is 0 Å². The fourth-order valence-electron chi connectivity index (χ4n) is 3.88. The lowest BCUT2D eigenvalue weighted by Gasteiger charge is -2.47. The van der Waals surface area contributed by atoms with Crippen molar-refractivity contribution in [3.8, 4) is 0 Å². The number of nitrogens with zero attached hydrogens (tertiary/aromatic N) is 1. The molecular weight excluding hydrogens is 220 g/mol. The van der Waals surface area contributed by atoms with Crippen LogP contribution in [0.15, 0.2) is 0 Å². The molecule has 0 bridgehead atoms. The van der Waals surface area contributed by atoms with Gasteiger partial charge in [0.25, 0.3) is 0 Å². The molecule has 0 amide bonds. The van der Waals surface area contributed by atoms with Crippen LogP contribution in [0.2, 0.25) is 0 Å². The Kier molecular flexibility index (Phi) is 6.13. The molecule has 2 N–H and O–H groups in total. The molecule has 0 aromatic heterocycles. The van der Waals surface area contributed by atoms with E-state index < -0.39 is 0 Å². The first-order valence-electron chi connectivity index (χ1n) is 7.84. The summed E-state index contributed by atoms with van der Waals surface area (Å²) < 4.78 is 0. The largest absolute Gasteiger partial charge is 0.329 e. The molecule has 1 rings (SSSR count). The van der Waals surface area contributed by atoms with Gasteiger partial charge in [-0.1, -0.05) is 40.5 Å². The zero-order chi connectivity index (χ0) is 13.8. The Labute approximate surface area is 114 Å². The second-order valence-corrected chi connectivity index (χ2v) is 7.17. The standard InChI is InChI=1S/C16H34N2/c1-13(2)10-16(12-17,11-14(3)4)18(5)15-8-6-7-9-15/h13-15H,6-12,17H2,1-5H3. The second-order valence-electron chi connectivity index (χ2n) is 7.17. The smallest absolute Gasteiger partial charge is 0.0336 e. The fraction of sp³-hybridized carbons (Fsp3) is 1.00. The molecule has 0 saturated heterocycles. The van der Waals surface area contributed by atoms with Gasteiger partial charge < -0.3 is 5.73 Å². The molecule has 0 radical (unpaired) electrons. The van der Waals surface area contributed by atoms with Crippen molar-refractivity contribution in [2.45, 2.75) is 77.8 Å². The average molecular weight is 254 g/mol. The summed E-state index contributed by atoms with van der Waals surface area (Å²) in [5.41, 5.74) is 6.45. The first-order chi connectivity index (χ1) is 8.41. The van der Waals surface area contributed by atoms with Crippen molar-refractivity contribution >= 4 is 0 Å². The monoisotopic (exact) mass is 254 g/mol. The number of hydrogen-bond acceptors (Lipinski definition) is 2. The van der Waals surface area contributed by atoms with Crippen molar-refractivity contribution in [2.24, 2.45) is 17.6 Å². The highest BCUT2D eigenvalue weighted by molar-refractivity contribution is 4.95. The summed E-state index contributed by atoms with van der Waals surface area (Å²) in [6.07, 6.45) is 8.00. The molecule has 0 atom stereocenters. The van der Waals surface area contributed by atoms with E-state index in [9.17, 15) is 0 Å². The van der Waals surface area contributed by atoms with Gasteiger partial charge >= 0.3 is 0 Å². The van der Waals surface area contributed by atoms with Crippen molar-refractivity contribution in [1.82, 2.24) is 4.90 Å². The van der Waals surface area contributed by atoms with Crippen LogP contribution in [-0.2, 0) is 0 Å². The number of nitrogens with two attached hydrogens (primary N) is 1. The number of rotatable bonds is 7. The number of hydrogen-bond donors (Lipinski definition) is 1. The van der Waals surface area contributed by atoms with Gasteiger partial charge in [-0.2, -0.15) is 0 Å². The molecule has 0 aromatic rings. The highest BCUT2D eigenvalue weighted by atomic mass is 15.2. The van der Waals surface area contributed by atoms with Crippen LogP contribution in [0.1, 0.15) is 66.2 Å². The average Bonchev–Trinajstić information content (AvgIpc) is 2.78. The molecule has 0 spiro atoms. The maximum absolute atomic E-state index is 6.23. The van der Waals surface area contributed by atoms with E-state index in [1.807, 2.05) is 0 Å². The van der Waals surface area contributed by atoms with Gasteiger partial charge in [0.1, 0.15) is 0 Å². The molecule has 1 saturated carbocycles. The maximum atomic E-state index is 6.23. The minimum Gasteiger partial charge on any atom is -0.329 e. The van der Waals surface area contributed by atoms with E-state index >= 15 is 0 Å². The minimum absolute atomic E-state index is 0.220. The van der Waals surface area contributed by atoms with E-state index in [0.717, 1.165) is 24.4 Å². The highest BCUT2D eigenvalue weighted by Crippen LogP contribution is 2.35. The lowest BCUT2D eigenvalue weighted by molar-refractivity contribution is 0.0418. The molecule has 0 unspecified atom stereocenters. The van der Waals surface area contributed by atoms with Crippen LogP contribution in [0, 0.1) is 11.8 Å². The Morgan fingerprint density at radius 1 is 1.06 bits per heavy atom. The van der Waals surface area contributed by atoms with Crippen LogP contribution in [-0.4, -0.2) is 30.1 Å². The van der Waals surface area contributed by atoms with Crippen LogP contribution in [0.5, 0.6) is 0 Å². The SMILES string of the molecule is CC(C)CC(CN)(CC(C)C)N(C)C1CCCC1. The Hall–Kier alpha value is -0.0800. The molecular formula is C16H34N2. The highest BCUT2D eigenvalue weighted by Gasteiger charge is 2.38. The van der Waals surface area contributed by atoms with Crippen LogP contribution < -0.4 is 5.73 Å². The van der Waals surface area contributed by atoms with Gasteiger partial charge in [-0.15, -0.1) is 0 Å². The quantitative estimate of drug-likeness (QED) is 0.751. The topological polar surface area (TPSA) is 29.3 Å². The molecule has 1 aliphatic carbocycles. The van der Waals surface area contributed by atoms with Gasteiger partial charge in [0.2, 0.25) is 0 Å². The summed E-state index contributed by atoms with van der Waals surface area (Å²) in [5.74, 6) is 1.44. The summed E-state index contributed by atoms with van der Waals surface area (Å²) in [6.45, 7) is 10.1. The molecule has 108 valence electrons. The molecule has 2 heteroatoms. The Bertz CT molecular complexity index is 219. The van der Waals surface area contributed by atoms with Gasteiger partial charge in [-0.25, -0.2) is 0 Å². The van der Waals surface area contributed by atoms with Gasteiger partial charge in [0.05, 0.1) is 0 Å². The van der Waals surface area contributed by atoms with E-state index in [4.69, 9.17) is 5.73 Å². The van der Waals surface area contributed by atoms with Crippen LogP contribution >= 0.6 is 0 Å². The molecule has 1 fully saturated rings. The third-order valence-corrected chi connectivity index (χ3v) is 4.58. The van der Waals surface area contributed by atoms with Crippen LogP contribution in [0.4, 0.5) is 0 Å². The van der Waals surface area contributed by atoms with E-state index in [1.165, 1.54) is 38.5 Å². The zero-order valence-electron chi connectivity index (χ0n) is 13.2. The van der Waals surface area contributed by atoms with E-state index in [-0.39, 0.29) is 5.54 Å². The van der Waals surface area contributed by atoms with Gasteiger partial charge in [-0.3, -0.25) is 4.90 Å². The predicted molar refractivity (Wildman–Crippen MR) is 80.7 cm³/mol. The van der Waals surface area contributed by atoms with Crippen molar-refractivity contribution in [2.75, 3.05) is 13.6 Å². The van der Waals surface area contributed by atoms with Crippen molar-refractivity contribution < 1.29 is 0 Å². The predicted octanol–water partition coefficient (Wildman–Crippen LogP) is 3.65. The normalized spacial score (nSPS) is 18.5. The van der Waals surface area contributed by atoms with Gasteiger partial charge in [0.15, 0.2) is 0 Å². The number of likely N-dealkylation sites (N-methyl/N-ethyl adjacent to an activating group) is 1. The summed E-state index contributed by atoms with van der Waals surface area (Å²) in [4.78, 5) is 2.65. The second kappa shape index (κ2) is 6.91. The first-order valence-corrected chi connectivity index (χ1v) is 7.84. The molecule has 0 heterocycles. The van der Waals surface area contributed by atoms with E-state index in [1.54, 1.807) is 0 Å². The van der Waals surface area contributed by atoms with Crippen LogP contribution in [0.3, 0.4) is 0 Å². The van der Waals surface area contributed by atoms with Crippen molar-refractivity contribution in [3.05, 3.63) is 0 Å². The Morgan fingerprint density at radius 2 is 1.50 bits per heavy atom. The van der Waals surface area contributed by atoms with Gasteiger partial charge in [0, 0.05) is 18.1 Å². The molecule has 1 aliphatic rings. The van der Waals surface area contributed by atoms with Crippen molar-refractivity contribution in [3.63, 3.8) is 0 Å². The molecule has 18 heavy (non-hydrogen) atoms. The Balaban J connectivity index is 2.84. The first kappa shape index (κ1) is 16.0. The summed E-state index contributed by atoms with van der Waals surface area (Å²) in [7, 11) is 2.33. The lowest BCUT2D eigenvalue weighted by atomic mass is 9.79. The maximum Gasteiger partial charge on any atom is 0.0336 e. The molecule has 2 nitrogen and oxygen atoms in total. The zero-order valence-corrected chi connectivity index (χ0v) is 13.2. The molecule has 0 aromatic carbocycles. The van der Waals surface area contributed by atoms with Gasteiger partial charge in [-0.05, 0) is 44.6 Å². The summed E-state index contributed by atoms with van der Waals surface area (Å²) in [5, 5.41) is 0.